The molecule has 0 atom stereocenters. The summed E-state index contributed by atoms with van der Waals surface area (Å²) in [4.78, 5) is 28.4. The number of nitrogens with one attached hydrogen (secondary N) is 2. The quantitative estimate of drug-likeness (QED) is 0.464. The number of hydrogen-bond donors (Lipinski definition) is 2. The summed E-state index contributed by atoms with van der Waals surface area (Å²) in [6.07, 6.45) is -3.48. The predicted octanol–water partition coefficient (Wildman–Crippen LogP) is 5.35. The number of carbonyl (C=O) groups excluding carboxylic acids is 1. The first kappa shape index (κ1) is 20.2. The molecular formula is C23H15F3N2O3. The summed E-state index contributed by atoms with van der Waals surface area (Å²) in [5, 5.41) is 3.05. The molecule has 0 saturated heterocycles. The van der Waals surface area contributed by atoms with Gasteiger partial charge >= 0.3 is 6.36 Å². The largest absolute Gasteiger partial charge is 0.573 e. The SMILES string of the molecule is O=C(Nc1ccccc1-c1cccc(OC(F)(F)F)c1)c1c[nH]c2ccccc2c1=O. The highest BCUT2D eigenvalue weighted by Gasteiger charge is 2.31. The molecule has 0 aliphatic heterocycles. The first-order valence-electron chi connectivity index (χ1n) is 9.19. The van der Waals surface area contributed by atoms with Crippen molar-refractivity contribution < 1.29 is 22.7 Å². The minimum atomic E-state index is -4.82. The van der Waals surface area contributed by atoms with Gasteiger partial charge in [0.1, 0.15) is 11.3 Å². The van der Waals surface area contributed by atoms with Crippen LogP contribution >= 0.6 is 0 Å². The Morgan fingerprint density at radius 3 is 2.48 bits per heavy atom. The number of rotatable bonds is 4. The Balaban J connectivity index is 1.67. The second-order valence-corrected chi connectivity index (χ2v) is 6.65. The van der Waals surface area contributed by atoms with E-state index < -0.39 is 17.7 Å². The summed E-state index contributed by atoms with van der Waals surface area (Å²) < 4.78 is 41.6. The maximum Gasteiger partial charge on any atom is 0.573 e. The zero-order valence-electron chi connectivity index (χ0n) is 15.9. The van der Waals surface area contributed by atoms with Gasteiger partial charge in [0.05, 0.1) is 0 Å². The number of H-pyrrole nitrogens is 1. The molecule has 0 spiro atoms. The lowest BCUT2D eigenvalue weighted by atomic mass is 10.0. The van der Waals surface area contributed by atoms with Crippen LogP contribution in [0.4, 0.5) is 18.9 Å². The fraction of sp³-hybridized carbons (Fsp3) is 0.0435. The molecule has 0 unspecified atom stereocenters. The number of carbonyl (C=O) groups is 1. The van der Waals surface area contributed by atoms with Crippen LogP contribution in [0.3, 0.4) is 0 Å². The number of para-hydroxylation sites is 2. The summed E-state index contributed by atoms with van der Waals surface area (Å²) in [5.74, 6) is -1.01. The smallest absolute Gasteiger partial charge is 0.406 e. The van der Waals surface area contributed by atoms with E-state index in [9.17, 15) is 22.8 Å². The highest BCUT2D eigenvalue weighted by Crippen LogP contribution is 2.32. The third kappa shape index (κ3) is 4.42. The van der Waals surface area contributed by atoms with Gasteiger partial charge in [0.15, 0.2) is 0 Å². The van der Waals surface area contributed by atoms with Gasteiger partial charge in [-0.1, -0.05) is 42.5 Å². The monoisotopic (exact) mass is 424 g/mol. The zero-order chi connectivity index (χ0) is 22.0. The maximum atomic E-state index is 12.8. The number of fused-ring (bicyclic) bond motifs is 1. The molecule has 31 heavy (non-hydrogen) atoms. The summed E-state index contributed by atoms with van der Waals surface area (Å²) in [6, 6.07) is 18.8. The average molecular weight is 424 g/mol. The minimum absolute atomic E-state index is 0.0809. The van der Waals surface area contributed by atoms with Crippen molar-refractivity contribution in [3.05, 3.63) is 94.8 Å². The molecule has 5 nitrogen and oxygen atoms in total. The van der Waals surface area contributed by atoms with Crippen molar-refractivity contribution in [1.82, 2.24) is 4.98 Å². The van der Waals surface area contributed by atoms with Crippen LogP contribution < -0.4 is 15.5 Å². The van der Waals surface area contributed by atoms with Crippen molar-refractivity contribution in [3.8, 4) is 16.9 Å². The van der Waals surface area contributed by atoms with Crippen molar-refractivity contribution in [2.45, 2.75) is 6.36 Å². The number of aromatic nitrogens is 1. The van der Waals surface area contributed by atoms with Gasteiger partial charge in [-0.05, 0) is 35.9 Å². The lowest BCUT2D eigenvalue weighted by Crippen LogP contribution is -2.22. The van der Waals surface area contributed by atoms with Gasteiger partial charge in [0.2, 0.25) is 5.43 Å². The number of aromatic amines is 1. The minimum Gasteiger partial charge on any atom is -0.406 e. The molecule has 0 radical (unpaired) electrons. The van der Waals surface area contributed by atoms with Gasteiger partial charge in [0, 0.05) is 28.4 Å². The van der Waals surface area contributed by atoms with Gasteiger partial charge in [-0.15, -0.1) is 13.2 Å². The van der Waals surface area contributed by atoms with E-state index in [1.54, 1.807) is 54.6 Å². The number of benzene rings is 3. The van der Waals surface area contributed by atoms with Gasteiger partial charge in [-0.2, -0.15) is 0 Å². The lowest BCUT2D eigenvalue weighted by Gasteiger charge is -2.13. The second kappa shape index (κ2) is 7.98. The zero-order valence-corrected chi connectivity index (χ0v) is 15.9. The fourth-order valence-corrected chi connectivity index (χ4v) is 3.23. The first-order valence-corrected chi connectivity index (χ1v) is 9.19. The van der Waals surface area contributed by atoms with Crippen molar-refractivity contribution in [2.24, 2.45) is 0 Å². The maximum absolute atomic E-state index is 12.8. The van der Waals surface area contributed by atoms with E-state index in [1.165, 1.54) is 24.4 Å². The van der Waals surface area contributed by atoms with E-state index in [0.717, 1.165) is 0 Å². The summed E-state index contributed by atoms with van der Waals surface area (Å²) in [5.41, 5.74) is 1.31. The molecule has 156 valence electrons. The standard InChI is InChI=1S/C23H15F3N2O3/c24-23(25,26)31-15-7-5-6-14(12-15)16-8-1-4-11-20(16)28-22(30)18-13-27-19-10-3-2-9-17(19)21(18)29/h1-13H,(H,27,29)(H,28,30). The Morgan fingerprint density at radius 1 is 0.935 bits per heavy atom. The van der Waals surface area contributed by atoms with Crippen LogP contribution in [0.2, 0.25) is 0 Å². The van der Waals surface area contributed by atoms with E-state index in [4.69, 9.17) is 0 Å². The Hall–Kier alpha value is -4.07. The molecular weight excluding hydrogens is 409 g/mol. The van der Waals surface area contributed by atoms with Crippen LogP contribution in [0.25, 0.3) is 22.0 Å². The van der Waals surface area contributed by atoms with Gasteiger partial charge < -0.3 is 15.0 Å². The van der Waals surface area contributed by atoms with Gasteiger partial charge in [0.25, 0.3) is 5.91 Å². The van der Waals surface area contributed by atoms with Crippen LogP contribution in [-0.2, 0) is 0 Å². The second-order valence-electron chi connectivity index (χ2n) is 6.65. The third-order valence-electron chi connectivity index (χ3n) is 4.59. The highest BCUT2D eigenvalue weighted by molar-refractivity contribution is 6.07. The summed E-state index contributed by atoms with van der Waals surface area (Å²) in [6.45, 7) is 0. The molecule has 0 aliphatic rings. The Labute approximate surface area is 174 Å². The van der Waals surface area contributed by atoms with E-state index in [2.05, 4.69) is 15.0 Å². The number of pyridine rings is 1. The van der Waals surface area contributed by atoms with Crippen LogP contribution in [0.15, 0.2) is 83.8 Å². The third-order valence-corrected chi connectivity index (χ3v) is 4.59. The normalized spacial score (nSPS) is 11.3. The number of alkyl halides is 3. The Kier molecular flexibility index (Phi) is 5.21. The molecule has 1 aromatic heterocycles. The molecule has 0 bridgehead atoms. The molecule has 1 amide bonds. The van der Waals surface area contributed by atoms with Crippen LogP contribution in [0.5, 0.6) is 5.75 Å². The number of hydrogen-bond acceptors (Lipinski definition) is 3. The van der Waals surface area contributed by atoms with Crippen molar-refractivity contribution in [1.29, 1.82) is 0 Å². The Morgan fingerprint density at radius 2 is 1.68 bits per heavy atom. The average Bonchev–Trinajstić information content (AvgIpc) is 2.73. The fourth-order valence-electron chi connectivity index (χ4n) is 3.23. The molecule has 4 rings (SSSR count). The molecule has 0 fully saturated rings. The highest BCUT2D eigenvalue weighted by atomic mass is 19.4. The van der Waals surface area contributed by atoms with Crippen molar-refractivity contribution >= 4 is 22.5 Å². The van der Waals surface area contributed by atoms with E-state index >= 15 is 0 Å². The van der Waals surface area contributed by atoms with Crippen LogP contribution in [0.1, 0.15) is 10.4 Å². The predicted molar refractivity (Wildman–Crippen MR) is 111 cm³/mol. The molecule has 4 aromatic rings. The number of anilines is 1. The van der Waals surface area contributed by atoms with Gasteiger partial charge in [-0.25, -0.2) is 0 Å². The molecule has 2 N–H and O–H groups in total. The van der Waals surface area contributed by atoms with Crippen molar-refractivity contribution in [3.63, 3.8) is 0 Å². The van der Waals surface area contributed by atoms with E-state index in [-0.39, 0.29) is 11.3 Å². The van der Waals surface area contributed by atoms with Gasteiger partial charge in [-0.3, -0.25) is 9.59 Å². The Bertz CT molecular complexity index is 1330. The first-order chi connectivity index (χ1) is 14.8. The molecule has 1 heterocycles. The summed E-state index contributed by atoms with van der Waals surface area (Å²) >= 11 is 0. The molecule has 3 aromatic carbocycles. The van der Waals surface area contributed by atoms with Crippen LogP contribution in [0, 0.1) is 0 Å². The van der Waals surface area contributed by atoms with Crippen molar-refractivity contribution in [2.75, 3.05) is 5.32 Å². The van der Waals surface area contributed by atoms with E-state index in [0.29, 0.717) is 27.7 Å². The van der Waals surface area contributed by atoms with Crippen LogP contribution in [-0.4, -0.2) is 17.3 Å². The lowest BCUT2D eigenvalue weighted by molar-refractivity contribution is -0.274. The number of halogens is 3. The summed E-state index contributed by atoms with van der Waals surface area (Å²) in [7, 11) is 0. The molecule has 0 saturated carbocycles. The number of ether oxygens (including phenoxy) is 1. The molecule has 8 heteroatoms. The number of amides is 1. The van der Waals surface area contributed by atoms with E-state index in [1.807, 2.05) is 0 Å². The topological polar surface area (TPSA) is 71.2 Å². The molecule has 0 aliphatic carbocycles.